The number of hydrogen-bond acceptors (Lipinski definition) is 5. The number of aliphatic hydroxyl groups excluding tert-OH is 1. The minimum atomic E-state index is -1.20. The molecule has 4 N–H and O–H groups in total. The SMILES string of the molecule is Cc1ccccc1C(=O)NC(C(C)C)C(O)NC(CS)C(=O)O. The molecule has 0 aliphatic heterocycles. The highest BCUT2D eigenvalue weighted by Gasteiger charge is 2.29. The molecular weight excluding hydrogens is 316 g/mol. The molecule has 0 bridgehead atoms. The lowest BCUT2D eigenvalue weighted by Crippen LogP contribution is -2.57. The van der Waals surface area contributed by atoms with Crippen LogP contribution in [0.25, 0.3) is 0 Å². The lowest BCUT2D eigenvalue weighted by molar-refractivity contribution is -0.140. The van der Waals surface area contributed by atoms with E-state index in [1.54, 1.807) is 12.1 Å². The van der Waals surface area contributed by atoms with E-state index in [4.69, 9.17) is 5.11 Å². The maximum absolute atomic E-state index is 12.4. The molecule has 1 rings (SSSR count). The second-order valence-electron chi connectivity index (χ2n) is 5.74. The molecule has 1 aromatic carbocycles. The lowest BCUT2D eigenvalue weighted by Gasteiger charge is -2.30. The molecule has 1 aromatic rings. The molecule has 128 valence electrons. The van der Waals surface area contributed by atoms with Crippen LogP contribution in [0.1, 0.15) is 29.8 Å². The molecule has 0 spiro atoms. The van der Waals surface area contributed by atoms with Gasteiger partial charge in [-0.3, -0.25) is 14.9 Å². The van der Waals surface area contributed by atoms with E-state index >= 15 is 0 Å². The number of rotatable bonds is 8. The van der Waals surface area contributed by atoms with Crippen LogP contribution in [0.4, 0.5) is 0 Å². The van der Waals surface area contributed by atoms with Gasteiger partial charge in [0.15, 0.2) is 0 Å². The number of carboxylic acid groups (broad SMARTS) is 1. The van der Waals surface area contributed by atoms with Crippen molar-refractivity contribution < 1.29 is 19.8 Å². The summed E-state index contributed by atoms with van der Waals surface area (Å²) in [6, 6.07) is 5.51. The Morgan fingerprint density at radius 1 is 1.26 bits per heavy atom. The van der Waals surface area contributed by atoms with E-state index in [9.17, 15) is 14.7 Å². The second kappa shape index (κ2) is 8.90. The van der Waals surface area contributed by atoms with E-state index in [2.05, 4.69) is 23.3 Å². The largest absolute Gasteiger partial charge is 0.480 e. The molecule has 6 nitrogen and oxygen atoms in total. The Bertz CT molecular complexity index is 551. The van der Waals surface area contributed by atoms with Gasteiger partial charge in [-0.05, 0) is 24.5 Å². The molecule has 0 radical (unpaired) electrons. The van der Waals surface area contributed by atoms with Crippen molar-refractivity contribution in [1.29, 1.82) is 0 Å². The number of carbonyl (C=O) groups excluding carboxylic acids is 1. The number of carboxylic acids is 1. The highest BCUT2D eigenvalue weighted by atomic mass is 32.1. The maximum Gasteiger partial charge on any atom is 0.321 e. The number of thiol groups is 1. The quantitative estimate of drug-likeness (QED) is 0.360. The van der Waals surface area contributed by atoms with Crippen LogP contribution in [0.15, 0.2) is 24.3 Å². The fourth-order valence-corrected chi connectivity index (χ4v) is 2.44. The maximum atomic E-state index is 12.4. The van der Waals surface area contributed by atoms with Crippen molar-refractivity contribution in [2.24, 2.45) is 5.92 Å². The van der Waals surface area contributed by atoms with E-state index in [0.29, 0.717) is 5.56 Å². The van der Waals surface area contributed by atoms with Crippen molar-refractivity contribution in [2.45, 2.75) is 39.1 Å². The van der Waals surface area contributed by atoms with Gasteiger partial charge in [-0.25, -0.2) is 0 Å². The molecule has 0 aliphatic carbocycles. The van der Waals surface area contributed by atoms with Crippen molar-refractivity contribution >= 4 is 24.5 Å². The summed E-state index contributed by atoms with van der Waals surface area (Å²) < 4.78 is 0. The second-order valence-corrected chi connectivity index (χ2v) is 6.11. The molecule has 7 heteroatoms. The van der Waals surface area contributed by atoms with Gasteiger partial charge in [0.1, 0.15) is 12.3 Å². The normalized spacial score (nSPS) is 15.0. The minimum absolute atomic E-state index is 0.0307. The van der Waals surface area contributed by atoms with E-state index < -0.39 is 24.3 Å². The Hall–Kier alpha value is -1.57. The van der Waals surface area contributed by atoms with Gasteiger partial charge in [-0.2, -0.15) is 12.6 Å². The zero-order chi connectivity index (χ0) is 17.6. The zero-order valence-corrected chi connectivity index (χ0v) is 14.4. The number of carbonyl (C=O) groups is 2. The van der Waals surface area contributed by atoms with Gasteiger partial charge >= 0.3 is 5.97 Å². The predicted molar refractivity (Wildman–Crippen MR) is 91.7 cm³/mol. The summed E-state index contributed by atoms with van der Waals surface area (Å²) in [7, 11) is 0. The van der Waals surface area contributed by atoms with Crippen LogP contribution >= 0.6 is 12.6 Å². The third kappa shape index (κ3) is 5.53. The van der Waals surface area contributed by atoms with E-state index in [1.807, 2.05) is 32.9 Å². The van der Waals surface area contributed by atoms with Gasteiger partial charge in [0.05, 0.1) is 6.04 Å². The third-order valence-corrected chi connectivity index (χ3v) is 3.96. The smallest absolute Gasteiger partial charge is 0.321 e. The van der Waals surface area contributed by atoms with Gasteiger partial charge in [0.25, 0.3) is 5.91 Å². The first-order valence-corrected chi connectivity index (χ1v) is 8.05. The fourth-order valence-electron chi connectivity index (χ4n) is 2.18. The topological polar surface area (TPSA) is 98.7 Å². The first-order valence-electron chi connectivity index (χ1n) is 7.42. The van der Waals surface area contributed by atoms with Crippen LogP contribution in [-0.4, -0.2) is 46.2 Å². The average Bonchev–Trinajstić information content (AvgIpc) is 2.49. The molecule has 0 saturated heterocycles. The third-order valence-electron chi connectivity index (χ3n) is 3.60. The first-order chi connectivity index (χ1) is 10.8. The van der Waals surface area contributed by atoms with Crippen molar-refractivity contribution in [1.82, 2.24) is 10.6 Å². The van der Waals surface area contributed by atoms with Crippen molar-refractivity contribution in [3.63, 3.8) is 0 Å². The minimum Gasteiger partial charge on any atom is -0.480 e. The standard InChI is InChI=1S/C16H24N2O4S/c1-9(2)13(15(20)17-12(8-23)16(21)22)18-14(19)11-7-5-4-6-10(11)3/h4-7,9,12-13,15,17,20,23H,8H2,1-3H3,(H,18,19)(H,21,22). The molecule has 0 aromatic heterocycles. The molecule has 0 aliphatic rings. The predicted octanol–water partition coefficient (Wildman–Crippen LogP) is 1.04. The molecule has 0 saturated carbocycles. The number of hydrogen-bond donors (Lipinski definition) is 5. The summed E-state index contributed by atoms with van der Waals surface area (Å²) >= 11 is 3.95. The van der Waals surface area contributed by atoms with E-state index in [1.165, 1.54) is 0 Å². The van der Waals surface area contributed by atoms with E-state index in [-0.39, 0.29) is 17.6 Å². The Labute approximate surface area is 141 Å². The van der Waals surface area contributed by atoms with Crippen LogP contribution in [-0.2, 0) is 4.79 Å². The molecular formula is C16H24N2O4S. The summed E-state index contributed by atoms with van der Waals surface area (Å²) in [5.74, 6) is -1.48. The highest BCUT2D eigenvalue weighted by Crippen LogP contribution is 2.11. The number of aryl methyl sites for hydroxylation is 1. The molecule has 3 unspecified atom stereocenters. The summed E-state index contributed by atoms with van der Waals surface area (Å²) in [4.78, 5) is 23.4. The van der Waals surface area contributed by atoms with Crippen LogP contribution in [0.2, 0.25) is 0 Å². The first kappa shape index (κ1) is 19.5. The van der Waals surface area contributed by atoms with Gasteiger partial charge < -0.3 is 15.5 Å². The molecule has 3 atom stereocenters. The van der Waals surface area contributed by atoms with Gasteiger partial charge in [0, 0.05) is 11.3 Å². The van der Waals surface area contributed by atoms with E-state index in [0.717, 1.165) is 5.56 Å². The van der Waals surface area contributed by atoms with Gasteiger partial charge in [0.2, 0.25) is 0 Å². The van der Waals surface area contributed by atoms with Gasteiger partial charge in [-0.1, -0.05) is 32.0 Å². The highest BCUT2D eigenvalue weighted by molar-refractivity contribution is 7.80. The molecule has 1 amide bonds. The van der Waals surface area contributed by atoms with Crippen LogP contribution in [0.3, 0.4) is 0 Å². The summed E-state index contributed by atoms with van der Waals surface area (Å²) in [5.41, 5.74) is 1.35. The van der Waals surface area contributed by atoms with Crippen molar-refractivity contribution in [2.75, 3.05) is 5.75 Å². The molecule has 0 heterocycles. The van der Waals surface area contributed by atoms with Crippen molar-refractivity contribution in [3.05, 3.63) is 35.4 Å². The van der Waals surface area contributed by atoms with Crippen LogP contribution in [0, 0.1) is 12.8 Å². The molecule has 23 heavy (non-hydrogen) atoms. The number of amides is 1. The number of aliphatic carboxylic acids is 1. The lowest BCUT2D eigenvalue weighted by atomic mass is 10.0. The molecule has 0 fully saturated rings. The summed E-state index contributed by atoms with van der Waals surface area (Å²) in [5, 5.41) is 24.7. The van der Waals surface area contributed by atoms with Crippen LogP contribution < -0.4 is 10.6 Å². The number of benzene rings is 1. The Morgan fingerprint density at radius 2 is 1.87 bits per heavy atom. The average molecular weight is 340 g/mol. The number of aliphatic hydroxyl groups is 1. The Balaban J connectivity index is 2.84. The van der Waals surface area contributed by atoms with Crippen molar-refractivity contribution in [3.8, 4) is 0 Å². The monoisotopic (exact) mass is 340 g/mol. The number of nitrogens with one attached hydrogen (secondary N) is 2. The zero-order valence-electron chi connectivity index (χ0n) is 13.5. The summed E-state index contributed by atoms with van der Waals surface area (Å²) in [6.45, 7) is 5.50. The summed E-state index contributed by atoms with van der Waals surface area (Å²) in [6.07, 6.45) is -1.20. The Kier molecular flexibility index (Phi) is 7.54. The van der Waals surface area contributed by atoms with Crippen LogP contribution in [0.5, 0.6) is 0 Å². The van der Waals surface area contributed by atoms with Gasteiger partial charge in [-0.15, -0.1) is 0 Å². The fraction of sp³-hybridized carbons (Fsp3) is 0.500. The Morgan fingerprint density at radius 3 is 2.35 bits per heavy atom.